The Kier molecular flexibility index (Phi) is 7.52. The largest absolute Gasteiger partial charge is 0.468 e. The molecular weight excluding hydrogens is 398 g/mol. The number of sulfonamides is 1. The Bertz CT molecular complexity index is 995. The van der Waals surface area contributed by atoms with Gasteiger partial charge in [0.25, 0.3) is 5.91 Å². The van der Waals surface area contributed by atoms with E-state index in [0.29, 0.717) is 5.76 Å². The molecule has 0 saturated heterocycles. The molecule has 0 aliphatic rings. The Morgan fingerprint density at radius 2 is 2.07 bits per heavy atom. The number of nitrogens with one attached hydrogen (secondary N) is 1. The first-order valence-electron chi connectivity index (χ1n) is 8.69. The molecule has 29 heavy (non-hydrogen) atoms. The number of hydrogen-bond acceptors (Lipinski definition) is 7. The summed E-state index contributed by atoms with van der Waals surface area (Å²) in [7, 11) is -2.38. The third-order valence-corrected chi connectivity index (χ3v) is 5.36. The molecule has 2 aromatic rings. The summed E-state index contributed by atoms with van der Waals surface area (Å²) in [5.74, 6) is -0.850. The summed E-state index contributed by atoms with van der Waals surface area (Å²) in [6, 6.07) is 10.5. The quantitative estimate of drug-likeness (QED) is 0.612. The number of nitriles is 1. The van der Waals surface area contributed by atoms with E-state index in [9.17, 15) is 18.0 Å². The van der Waals surface area contributed by atoms with Gasteiger partial charge in [-0.25, -0.2) is 17.9 Å². The first kappa shape index (κ1) is 22.1. The van der Waals surface area contributed by atoms with Crippen molar-refractivity contribution in [1.82, 2.24) is 9.62 Å². The molecule has 0 aliphatic heterocycles. The minimum absolute atomic E-state index is 0.00907. The third kappa shape index (κ3) is 6.17. The van der Waals surface area contributed by atoms with E-state index in [1.165, 1.54) is 49.4 Å². The van der Waals surface area contributed by atoms with Crippen LogP contribution in [0.25, 0.3) is 0 Å². The fourth-order valence-electron chi connectivity index (χ4n) is 2.37. The molecule has 0 spiro atoms. The van der Waals surface area contributed by atoms with Crippen molar-refractivity contribution in [3.8, 4) is 6.07 Å². The van der Waals surface area contributed by atoms with E-state index < -0.39 is 28.0 Å². The van der Waals surface area contributed by atoms with E-state index >= 15 is 0 Å². The number of likely N-dealkylation sites (N-methyl/N-ethyl adjacent to an activating group) is 1. The Hall–Kier alpha value is -3.16. The highest BCUT2D eigenvalue weighted by atomic mass is 32.2. The highest BCUT2D eigenvalue weighted by Crippen LogP contribution is 2.14. The molecule has 2 rings (SSSR count). The highest BCUT2D eigenvalue weighted by Gasteiger charge is 2.23. The lowest BCUT2D eigenvalue weighted by atomic mass is 10.2. The average molecular weight is 419 g/mol. The van der Waals surface area contributed by atoms with Crippen molar-refractivity contribution < 1.29 is 27.2 Å². The minimum Gasteiger partial charge on any atom is -0.468 e. The molecule has 1 atom stereocenters. The van der Waals surface area contributed by atoms with Crippen LogP contribution < -0.4 is 4.72 Å². The smallest absolute Gasteiger partial charge is 0.338 e. The normalized spacial score (nSPS) is 12.0. The Balaban J connectivity index is 2.05. The van der Waals surface area contributed by atoms with Crippen LogP contribution in [0.1, 0.15) is 29.5 Å². The van der Waals surface area contributed by atoms with Gasteiger partial charge in [-0.15, -0.1) is 0 Å². The third-order valence-electron chi connectivity index (χ3n) is 3.96. The highest BCUT2D eigenvalue weighted by molar-refractivity contribution is 7.89. The first-order chi connectivity index (χ1) is 13.7. The average Bonchev–Trinajstić information content (AvgIpc) is 3.23. The number of esters is 1. The van der Waals surface area contributed by atoms with Gasteiger partial charge in [-0.2, -0.15) is 5.26 Å². The second-order valence-corrected chi connectivity index (χ2v) is 7.91. The maximum Gasteiger partial charge on any atom is 0.338 e. The van der Waals surface area contributed by atoms with Gasteiger partial charge in [-0.05, 0) is 37.3 Å². The summed E-state index contributed by atoms with van der Waals surface area (Å²) < 4.78 is 37.5. The van der Waals surface area contributed by atoms with Gasteiger partial charge in [0.05, 0.1) is 35.8 Å². The molecule has 0 bridgehead atoms. The van der Waals surface area contributed by atoms with Crippen molar-refractivity contribution in [2.75, 3.05) is 13.6 Å². The van der Waals surface area contributed by atoms with Gasteiger partial charge < -0.3 is 14.1 Å². The van der Waals surface area contributed by atoms with Crippen LogP contribution in [-0.4, -0.2) is 44.9 Å². The number of furan rings is 1. The predicted molar refractivity (Wildman–Crippen MR) is 102 cm³/mol. The molecular formula is C19H21N3O6S. The summed E-state index contributed by atoms with van der Waals surface area (Å²) in [5, 5.41) is 8.58. The van der Waals surface area contributed by atoms with E-state index in [1.807, 2.05) is 6.07 Å². The van der Waals surface area contributed by atoms with Gasteiger partial charge in [0.2, 0.25) is 10.0 Å². The molecule has 1 aromatic heterocycles. The first-order valence-corrected chi connectivity index (χ1v) is 10.2. The zero-order valence-electron chi connectivity index (χ0n) is 16.0. The molecule has 154 valence electrons. The molecule has 9 nitrogen and oxygen atoms in total. The van der Waals surface area contributed by atoms with Crippen LogP contribution in [0.2, 0.25) is 0 Å². The maximum atomic E-state index is 12.4. The number of benzene rings is 1. The fraction of sp³-hybridized carbons (Fsp3) is 0.316. The number of amides is 1. The zero-order valence-corrected chi connectivity index (χ0v) is 16.8. The molecule has 1 N–H and O–H groups in total. The number of hydrogen-bond donors (Lipinski definition) is 1. The Labute approximate surface area is 168 Å². The molecule has 0 saturated carbocycles. The van der Waals surface area contributed by atoms with Crippen LogP contribution in [-0.2, 0) is 26.1 Å². The maximum absolute atomic E-state index is 12.4. The lowest BCUT2D eigenvalue weighted by Gasteiger charge is -2.20. The van der Waals surface area contributed by atoms with E-state index in [0.717, 1.165) is 0 Å². The van der Waals surface area contributed by atoms with Crippen molar-refractivity contribution in [1.29, 1.82) is 5.26 Å². The van der Waals surface area contributed by atoms with Crippen LogP contribution >= 0.6 is 0 Å². The van der Waals surface area contributed by atoms with Gasteiger partial charge in [-0.1, -0.05) is 6.07 Å². The summed E-state index contributed by atoms with van der Waals surface area (Å²) >= 11 is 0. The van der Waals surface area contributed by atoms with Crippen LogP contribution in [0.15, 0.2) is 52.0 Å². The number of rotatable bonds is 9. The zero-order chi connectivity index (χ0) is 21.4. The lowest BCUT2D eigenvalue weighted by molar-refractivity contribution is -0.138. The van der Waals surface area contributed by atoms with E-state index in [-0.39, 0.29) is 30.0 Å². The summed E-state index contributed by atoms with van der Waals surface area (Å²) in [4.78, 5) is 25.7. The SMILES string of the molecule is C[C@H](OC(=O)c1cccc(S(=O)(=O)NCc2ccco2)c1)C(=O)N(C)CCC#N. The fourth-order valence-corrected chi connectivity index (χ4v) is 3.41. The Morgan fingerprint density at radius 1 is 1.31 bits per heavy atom. The van der Waals surface area contributed by atoms with Crippen molar-refractivity contribution in [2.45, 2.75) is 30.9 Å². The van der Waals surface area contributed by atoms with Crippen molar-refractivity contribution in [3.63, 3.8) is 0 Å². The number of ether oxygens (including phenoxy) is 1. The van der Waals surface area contributed by atoms with E-state index in [4.69, 9.17) is 14.4 Å². The minimum atomic E-state index is -3.88. The van der Waals surface area contributed by atoms with Crippen LogP contribution in [0, 0.1) is 11.3 Å². The monoisotopic (exact) mass is 419 g/mol. The second-order valence-electron chi connectivity index (χ2n) is 6.15. The van der Waals surface area contributed by atoms with Gasteiger partial charge in [0.15, 0.2) is 6.10 Å². The standard InChI is InChI=1S/C19H21N3O6S/c1-14(18(23)22(2)10-5-9-20)28-19(24)15-6-3-8-17(12-15)29(25,26)21-13-16-7-4-11-27-16/h3-4,6-8,11-12,14,21H,5,10,13H2,1-2H3/t14-/m0/s1. The van der Waals surface area contributed by atoms with E-state index in [2.05, 4.69) is 4.72 Å². The number of carbonyl (C=O) groups is 2. The molecule has 0 fully saturated rings. The van der Waals surface area contributed by atoms with Gasteiger partial charge >= 0.3 is 5.97 Å². The van der Waals surface area contributed by atoms with Crippen molar-refractivity contribution in [2.24, 2.45) is 0 Å². The lowest BCUT2D eigenvalue weighted by Crippen LogP contribution is -2.37. The van der Waals surface area contributed by atoms with Crippen LogP contribution in [0.3, 0.4) is 0 Å². The van der Waals surface area contributed by atoms with Gasteiger partial charge in [0.1, 0.15) is 5.76 Å². The molecule has 1 aromatic carbocycles. The van der Waals surface area contributed by atoms with Crippen LogP contribution in [0.5, 0.6) is 0 Å². The summed E-state index contributed by atoms with van der Waals surface area (Å²) in [5.41, 5.74) is -0.00907. The molecule has 1 amide bonds. The second kappa shape index (κ2) is 9.86. The summed E-state index contributed by atoms with van der Waals surface area (Å²) in [6.45, 7) is 1.59. The molecule has 1 heterocycles. The topological polar surface area (TPSA) is 130 Å². The van der Waals surface area contributed by atoms with Gasteiger partial charge in [-0.3, -0.25) is 4.79 Å². The molecule has 0 radical (unpaired) electrons. The predicted octanol–water partition coefficient (Wildman–Crippen LogP) is 1.68. The summed E-state index contributed by atoms with van der Waals surface area (Å²) in [6.07, 6.45) is 0.511. The van der Waals surface area contributed by atoms with E-state index in [1.54, 1.807) is 12.1 Å². The molecule has 0 aliphatic carbocycles. The van der Waals surface area contributed by atoms with Crippen molar-refractivity contribution in [3.05, 3.63) is 54.0 Å². The van der Waals surface area contributed by atoms with Crippen molar-refractivity contribution >= 4 is 21.9 Å². The van der Waals surface area contributed by atoms with Crippen LogP contribution in [0.4, 0.5) is 0 Å². The number of carbonyl (C=O) groups excluding carboxylic acids is 2. The number of nitrogens with zero attached hydrogens (tertiary/aromatic N) is 2. The molecule has 0 unspecified atom stereocenters. The van der Waals surface area contributed by atoms with Gasteiger partial charge in [0, 0.05) is 13.6 Å². The Morgan fingerprint density at radius 3 is 2.72 bits per heavy atom. The molecule has 10 heteroatoms.